The first kappa shape index (κ1) is 13.6. The number of urea groups is 1. The second-order valence-corrected chi connectivity index (χ2v) is 5.48. The molecule has 0 radical (unpaired) electrons. The molecule has 0 spiro atoms. The van der Waals surface area contributed by atoms with Crippen LogP contribution in [0.3, 0.4) is 0 Å². The molecule has 0 saturated heterocycles. The van der Waals surface area contributed by atoms with Crippen LogP contribution in [0.5, 0.6) is 0 Å². The molecule has 3 rings (SSSR count). The molecule has 0 bridgehead atoms. The molecule has 21 heavy (non-hydrogen) atoms. The quantitative estimate of drug-likeness (QED) is 0.931. The average Bonchev–Trinajstić information content (AvgIpc) is 3.33. The van der Waals surface area contributed by atoms with E-state index in [4.69, 9.17) is 0 Å². The van der Waals surface area contributed by atoms with Crippen molar-refractivity contribution in [2.45, 2.75) is 32.4 Å². The second kappa shape index (κ2) is 5.95. The second-order valence-electron chi connectivity index (χ2n) is 5.48. The lowest BCUT2D eigenvalue weighted by Gasteiger charge is -2.22. The van der Waals surface area contributed by atoms with Crippen molar-refractivity contribution in [1.82, 2.24) is 9.88 Å². The first-order valence-corrected chi connectivity index (χ1v) is 7.26. The van der Waals surface area contributed by atoms with Gasteiger partial charge in [-0.25, -0.2) is 4.79 Å². The van der Waals surface area contributed by atoms with E-state index in [-0.39, 0.29) is 6.03 Å². The molecule has 1 N–H and O–H groups in total. The molecular formula is C17H19N3O. The molecule has 0 aliphatic heterocycles. The summed E-state index contributed by atoms with van der Waals surface area (Å²) in [5.74, 6) is 0. The Kier molecular flexibility index (Phi) is 3.86. The average molecular weight is 281 g/mol. The zero-order chi connectivity index (χ0) is 14.7. The van der Waals surface area contributed by atoms with Gasteiger partial charge in [-0.05, 0) is 44.0 Å². The van der Waals surface area contributed by atoms with Gasteiger partial charge in [0.2, 0.25) is 0 Å². The molecule has 1 fully saturated rings. The van der Waals surface area contributed by atoms with Gasteiger partial charge in [-0.3, -0.25) is 4.98 Å². The number of nitrogens with zero attached hydrogens (tertiary/aromatic N) is 2. The molecule has 4 nitrogen and oxygen atoms in total. The Bertz CT molecular complexity index is 606. The van der Waals surface area contributed by atoms with Crippen molar-refractivity contribution in [2.24, 2.45) is 0 Å². The largest absolute Gasteiger partial charge is 0.322 e. The van der Waals surface area contributed by atoms with Crippen LogP contribution in [0.25, 0.3) is 0 Å². The zero-order valence-electron chi connectivity index (χ0n) is 12.1. The highest BCUT2D eigenvalue weighted by molar-refractivity contribution is 5.89. The number of anilines is 1. The third kappa shape index (κ3) is 3.60. The molecule has 1 aromatic carbocycles. The minimum Gasteiger partial charge on any atom is -0.316 e. The van der Waals surface area contributed by atoms with E-state index < -0.39 is 0 Å². The third-order valence-electron chi connectivity index (χ3n) is 3.61. The molecule has 1 aliphatic rings. The third-order valence-corrected chi connectivity index (χ3v) is 3.61. The van der Waals surface area contributed by atoms with Crippen molar-refractivity contribution >= 4 is 11.7 Å². The van der Waals surface area contributed by atoms with Crippen molar-refractivity contribution < 1.29 is 4.79 Å². The Morgan fingerprint density at radius 2 is 2.00 bits per heavy atom. The fraction of sp³-hybridized carbons (Fsp3) is 0.294. The molecule has 4 heteroatoms. The fourth-order valence-electron chi connectivity index (χ4n) is 2.25. The summed E-state index contributed by atoms with van der Waals surface area (Å²) in [5.41, 5.74) is 2.93. The smallest absolute Gasteiger partial charge is 0.316 e. The summed E-state index contributed by atoms with van der Waals surface area (Å²) in [5, 5.41) is 2.97. The molecule has 1 aromatic heterocycles. The lowest BCUT2D eigenvalue weighted by atomic mass is 10.2. The zero-order valence-corrected chi connectivity index (χ0v) is 12.1. The van der Waals surface area contributed by atoms with E-state index in [0.717, 1.165) is 24.2 Å². The number of benzene rings is 1. The predicted molar refractivity (Wildman–Crippen MR) is 83.0 cm³/mol. The van der Waals surface area contributed by atoms with Gasteiger partial charge in [0.05, 0.1) is 12.2 Å². The van der Waals surface area contributed by atoms with Crippen molar-refractivity contribution in [2.75, 3.05) is 5.32 Å². The number of carbonyl (C=O) groups excluding carboxylic acids is 1. The molecular weight excluding hydrogens is 262 g/mol. The minimum absolute atomic E-state index is 0.0491. The van der Waals surface area contributed by atoms with Gasteiger partial charge in [0.1, 0.15) is 0 Å². The number of hydrogen-bond acceptors (Lipinski definition) is 2. The van der Waals surface area contributed by atoms with Crippen molar-refractivity contribution in [3.05, 3.63) is 59.9 Å². The maximum absolute atomic E-state index is 12.5. The molecule has 108 valence electrons. The first-order chi connectivity index (χ1) is 10.2. The van der Waals surface area contributed by atoms with Crippen LogP contribution in [0.1, 0.15) is 24.1 Å². The Hall–Kier alpha value is -2.36. The summed E-state index contributed by atoms with van der Waals surface area (Å²) >= 11 is 0. The number of aryl methyl sites for hydroxylation is 1. The van der Waals surface area contributed by atoms with Crippen LogP contribution in [-0.2, 0) is 6.54 Å². The van der Waals surface area contributed by atoms with Gasteiger partial charge < -0.3 is 10.2 Å². The number of aromatic nitrogens is 1. The maximum Gasteiger partial charge on any atom is 0.322 e. The summed E-state index contributed by atoms with van der Waals surface area (Å²) in [7, 11) is 0. The van der Waals surface area contributed by atoms with Crippen LogP contribution in [0.15, 0.2) is 48.7 Å². The van der Waals surface area contributed by atoms with Gasteiger partial charge in [-0.2, -0.15) is 0 Å². The number of nitrogens with one attached hydrogen (secondary N) is 1. The Labute approximate surface area is 124 Å². The standard InChI is InChI=1S/C17H19N3O/c1-13-5-7-14(8-6-13)19-17(21)20(16-9-10-16)12-15-4-2-3-11-18-15/h2-8,11,16H,9-10,12H2,1H3,(H,19,21). The van der Waals surface area contributed by atoms with E-state index in [9.17, 15) is 4.79 Å². The van der Waals surface area contributed by atoms with Crippen molar-refractivity contribution in [3.8, 4) is 0 Å². The number of amides is 2. The van der Waals surface area contributed by atoms with Crippen LogP contribution in [-0.4, -0.2) is 22.0 Å². The van der Waals surface area contributed by atoms with Gasteiger partial charge >= 0.3 is 6.03 Å². The van der Waals surface area contributed by atoms with Crippen molar-refractivity contribution in [3.63, 3.8) is 0 Å². The monoisotopic (exact) mass is 281 g/mol. The highest BCUT2D eigenvalue weighted by Crippen LogP contribution is 2.28. The van der Waals surface area contributed by atoms with Gasteiger partial charge in [0.15, 0.2) is 0 Å². The Morgan fingerprint density at radius 1 is 1.24 bits per heavy atom. The van der Waals surface area contributed by atoms with Crippen molar-refractivity contribution in [1.29, 1.82) is 0 Å². The van der Waals surface area contributed by atoms with Gasteiger partial charge in [0, 0.05) is 17.9 Å². The molecule has 1 saturated carbocycles. The van der Waals surface area contributed by atoms with E-state index >= 15 is 0 Å². The topological polar surface area (TPSA) is 45.2 Å². The van der Waals surface area contributed by atoms with Crippen LogP contribution >= 0.6 is 0 Å². The van der Waals surface area contributed by atoms with Crippen LogP contribution in [0.4, 0.5) is 10.5 Å². The highest BCUT2D eigenvalue weighted by Gasteiger charge is 2.32. The van der Waals surface area contributed by atoms with Gasteiger partial charge in [-0.1, -0.05) is 23.8 Å². The molecule has 2 aromatic rings. The Morgan fingerprint density at radius 3 is 2.62 bits per heavy atom. The summed E-state index contributed by atoms with van der Waals surface area (Å²) in [6.07, 6.45) is 3.92. The van der Waals surface area contributed by atoms with E-state index in [1.54, 1.807) is 6.20 Å². The molecule has 1 heterocycles. The lowest BCUT2D eigenvalue weighted by molar-refractivity contribution is 0.205. The summed E-state index contributed by atoms with van der Waals surface area (Å²) < 4.78 is 0. The highest BCUT2D eigenvalue weighted by atomic mass is 16.2. The number of rotatable bonds is 4. The summed E-state index contributed by atoms with van der Waals surface area (Å²) in [6, 6.07) is 13.9. The maximum atomic E-state index is 12.5. The fourth-order valence-corrected chi connectivity index (χ4v) is 2.25. The SMILES string of the molecule is Cc1ccc(NC(=O)N(Cc2ccccn2)C2CC2)cc1. The first-order valence-electron chi connectivity index (χ1n) is 7.26. The summed E-state index contributed by atoms with van der Waals surface area (Å²) in [6.45, 7) is 2.59. The van der Waals surface area contributed by atoms with E-state index in [0.29, 0.717) is 12.6 Å². The number of pyridine rings is 1. The van der Waals surface area contributed by atoms with E-state index in [1.165, 1.54) is 5.56 Å². The lowest BCUT2D eigenvalue weighted by Crippen LogP contribution is -2.36. The van der Waals surface area contributed by atoms with Crippen LogP contribution in [0, 0.1) is 6.92 Å². The van der Waals surface area contributed by atoms with E-state index in [2.05, 4.69) is 10.3 Å². The van der Waals surface area contributed by atoms with Gasteiger partial charge in [0.25, 0.3) is 0 Å². The molecule has 1 aliphatic carbocycles. The van der Waals surface area contributed by atoms with Crippen LogP contribution in [0.2, 0.25) is 0 Å². The molecule has 0 unspecified atom stereocenters. The summed E-state index contributed by atoms with van der Waals surface area (Å²) in [4.78, 5) is 18.7. The minimum atomic E-state index is -0.0491. The number of hydrogen-bond donors (Lipinski definition) is 1. The number of carbonyl (C=O) groups is 1. The Balaban J connectivity index is 1.69. The van der Waals surface area contributed by atoms with E-state index in [1.807, 2.05) is 54.3 Å². The molecule has 2 amide bonds. The normalized spacial score (nSPS) is 13.8. The van der Waals surface area contributed by atoms with Gasteiger partial charge in [-0.15, -0.1) is 0 Å². The molecule has 0 atom stereocenters. The van der Waals surface area contributed by atoms with Crippen LogP contribution < -0.4 is 5.32 Å². The predicted octanol–water partition coefficient (Wildman–Crippen LogP) is 3.59.